The number of halogens is 1. The first-order valence-electron chi connectivity index (χ1n) is 6.48. The van der Waals surface area contributed by atoms with Crippen molar-refractivity contribution < 1.29 is 14.2 Å². The summed E-state index contributed by atoms with van der Waals surface area (Å²) < 4.78 is 16.9. The normalized spacial score (nSPS) is 10.8. The molecule has 2 rings (SSSR count). The summed E-state index contributed by atoms with van der Waals surface area (Å²) in [5.41, 5.74) is 1.97. The Morgan fingerprint density at radius 3 is 2.60 bits per heavy atom. The molecule has 0 amide bonds. The average Bonchev–Trinajstić information content (AvgIpc) is 2.46. The molecule has 0 atom stereocenters. The van der Waals surface area contributed by atoms with E-state index in [-0.39, 0.29) is 0 Å². The third-order valence-electron chi connectivity index (χ3n) is 3.03. The van der Waals surface area contributed by atoms with Crippen molar-refractivity contribution in [2.24, 2.45) is 0 Å². The topological polar surface area (TPSA) is 40.6 Å². The van der Waals surface area contributed by atoms with Crippen molar-refractivity contribution >= 4 is 26.8 Å². The largest absolute Gasteiger partial charge is 0.490 e. The molecular formula is C15H18BrNO3. The molecular weight excluding hydrogens is 322 g/mol. The molecule has 0 unspecified atom stereocenters. The second-order valence-corrected chi connectivity index (χ2v) is 5.18. The van der Waals surface area contributed by atoms with Crippen molar-refractivity contribution in [1.82, 2.24) is 4.98 Å². The SMILES string of the molecule is CCc1cc2cc(OCCOC)c(Br)cc2nc1OC. The van der Waals surface area contributed by atoms with E-state index in [0.29, 0.717) is 19.1 Å². The molecule has 5 heteroatoms. The van der Waals surface area contributed by atoms with E-state index in [1.165, 1.54) is 0 Å². The maximum atomic E-state index is 5.68. The summed E-state index contributed by atoms with van der Waals surface area (Å²) in [6.45, 7) is 3.16. The van der Waals surface area contributed by atoms with Gasteiger partial charge in [-0.05, 0) is 40.5 Å². The Morgan fingerprint density at radius 2 is 1.95 bits per heavy atom. The van der Waals surface area contributed by atoms with Gasteiger partial charge in [-0.2, -0.15) is 0 Å². The van der Waals surface area contributed by atoms with Crippen molar-refractivity contribution in [3.8, 4) is 11.6 Å². The Kier molecular flexibility index (Phi) is 5.20. The Morgan fingerprint density at radius 1 is 1.15 bits per heavy atom. The second kappa shape index (κ2) is 6.90. The fourth-order valence-corrected chi connectivity index (χ4v) is 2.42. The van der Waals surface area contributed by atoms with Gasteiger partial charge in [0.05, 0.1) is 23.7 Å². The molecule has 0 aliphatic rings. The summed E-state index contributed by atoms with van der Waals surface area (Å²) in [5.74, 6) is 1.48. The summed E-state index contributed by atoms with van der Waals surface area (Å²) >= 11 is 3.50. The third-order valence-corrected chi connectivity index (χ3v) is 3.65. The van der Waals surface area contributed by atoms with Crippen molar-refractivity contribution in [2.45, 2.75) is 13.3 Å². The highest BCUT2D eigenvalue weighted by Crippen LogP contribution is 2.32. The standard InChI is InChI=1S/C15H18BrNO3/c1-4-10-7-11-8-14(20-6-5-18-2)12(16)9-13(11)17-15(10)19-3/h7-9H,4-6H2,1-3H3. The highest BCUT2D eigenvalue weighted by molar-refractivity contribution is 9.10. The molecule has 4 nitrogen and oxygen atoms in total. The number of benzene rings is 1. The minimum Gasteiger partial charge on any atom is -0.490 e. The van der Waals surface area contributed by atoms with Gasteiger partial charge in [-0.1, -0.05) is 6.92 Å². The number of hydrogen-bond acceptors (Lipinski definition) is 4. The van der Waals surface area contributed by atoms with Crippen LogP contribution >= 0.6 is 15.9 Å². The van der Waals surface area contributed by atoms with Crippen LogP contribution in [0.3, 0.4) is 0 Å². The van der Waals surface area contributed by atoms with E-state index in [1.54, 1.807) is 14.2 Å². The number of pyridine rings is 1. The van der Waals surface area contributed by atoms with E-state index in [2.05, 4.69) is 33.9 Å². The lowest BCUT2D eigenvalue weighted by molar-refractivity contribution is 0.146. The molecule has 0 spiro atoms. The molecule has 1 aromatic heterocycles. The van der Waals surface area contributed by atoms with Crippen LogP contribution in [0.25, 0.3) is 10.9 Å². The van der Waals surface area contributed by atoms with Gasteiger partial charge >= 0.3 is 0 Å². The van der Waals surface area contributed by atoms with Crippen LogP contribution in [-0.2, 0) is 11.2 Å². The fourth-order valence-electron chi connectivity index (χ4n) is 1.98. The van der Waals surface area contributed by atoms with Gasteiger partial charge in [0.15, 0.2) is 0 Å². The van der Waals surface area contributed by atoms with Gasteiger partial charge in [0.1, 0.15) is 12.4 Å². The predicted molar refractivity (Wildman–Crippen MR) is 82.7 cm³/mol. The first kappa shape index (κ1) is 15.1. The van der Waals surface area contributed by atoms with Crippen molar-refractivity contribution in [3.63, 3.8) is 0 Å². The van der Waals surface area contributed by atoms with Crippen LogP contribution in [0.4, 0.5) is 0 Å². The summed E-state index contributed by atoms with van der Waals surface area (Å²) in [4.78, 5) is 4.53. The molecule has 2 aromatic rings. The molecule has 0 saturated heterocycles. The van der Waals surface area contributed by atoms with Gasteiger partial charge in [0.25, 0.3) is 0 Å². The molecule has 108 valence electrons. The Balaban J connectivity index is 2.41. The number of nitrogens with zero attached hydrogens (tertiary/aromatic N) is 1. The molecule has 0 aliphatic carbocycles. The van der Waals surface area contributed by atoms with Crippen LogP contribution in [0.5, 0.6) is 11.6 Å². The highest BCUT2D eigenvalue weighted by Gasteiger charge is 2.09. The summed E-state index contributed by atoms with van der Waals surface area (Å²) in [7, 11) is 3.30. The van der Waals surface area contributed by atoms with Gasteiger partial charge in [-0.3, -0.25) is 0 Å². The average molecular weight is 340 g/mol. The van der Waals surface area contributed by atoms with Crippen molar-refractivity contribution in [1.29, 1.82) is 0 Å². The first-order chi connectivity index (χ1) is 9.69. The van der Waals surface area contributed by atoms with Gasteiger partial charge < -0.3 is 14.2 Å². The van der Waals surface area contributed by atoms with Crippen molar-refractivity contribution in [2.75, 3.05) is 27.4 Å². The Hall–Kier alpha value is -1.33. The van der Waals surface area contributed by atoms with E-state index >= 15 is 0 Å². The quantitative estimate of drug-likeness (QED) is 0.754. The molecule has 1 aromatic carbocycles. The minimum atomic E-state index is 0.519. The maximum Gasteiger partial charge on any atom is 0.216 e. The molecule has 20 heavy (non-hydrogen) atoms. The molecule has 0 radical (unpaired) electrons. The van der Waals surface area contributed by atoms with Crippen molar-refractivity contribution in [3.05, 3.63) is 28.2 Å². The molecule has 0 saturated carbocycles. The van der Waals surface area contributed by atoms with E-state index in [9.17, 15) is 0 Å². The van der Waals surface area contributed by atoms with E-state index < -0.39 is 0 Å². The molecule has 0 fully saturated rings. The van der Waals surface area contributed by atoms with Gasteiger partial charge in [0.2, 0.25) is 5.88 Å². The zero-order valence-electron chi connectivity index (χ0n) is 11.9. The maximum absolute atomic E-state index is 5.68. The molecule has 1 heterocycles. The van der Waals surface area contributed by atoms with Crippen LogP contribution in [0.1, 0.15) is 12.5 Å². The van der Waals surface area contributed by atoms with Gasteiger partial charge in [-0.25, -0.2) is 4.98 Å². The van der Waals surface area contributed by atoms with Gasteiger partial charge in [-0.15, -0.1) is 0 Å². The van der Waals surface area contributed by atoms with Crippen LogP contribution in [0.2, 0.25) is 0 Å². The van der Waals surface area contributed by atoms with E-state index in [1.807, 2.05) is 12.1 Å². The minimum absolute atomic E-state index is 0.519. The zero-order valence-corrected chi connectivity index (χ0v) is 13.5. The van der Waals surface area contributed by atoms with E-state index in [4.69, 9.17) is 14.2 Å². The van der Waals surface area contributed by atoms with E-state index in [0.717, 1.165) is 33.1 Å². The number of aromatic nitrogens is 1. The lowest BCUT2D eigenvalue weighted by atomic mass is 10.1. The summed E-state index contributed by atoms with van der Waals surface area (Å²) in [6, 6.07) is 6.02. The smallest absolute Gasteiger partial charge is 0.216 e. The van der Waals surface area contributed by atoms with Crippen LogP contribution in [0.15, 0.2) is 22.7 Å². The first-order valence-corrected chi connectivity index (χ1v) is 7.27. The monoisotopic (exact) mass is 339 g/mol. The second-order valence-electron chi connectivity index (χ2n) is 4.33. The highest BCUT2D eigenvalue weighted by atomic mass is 79.9. The number of ether oxygens (including phenoxy) is 3. The number of aryl methyl sites for hydroxylation is 1. The number of fused-ring (bicyclic) bond motifs is 1. The number of methoxy groups -OCH3 is 2. The Bertz CT molecular complexity index is 601. The summed E-state index contributed by atoms with van der Waals surface area (Å²) in [5, 5.41) is 1.04. The third kappa shape index (κ3) is 3.22. The lowest BCUT2D eigenvalue weighted by Gasteiger charge is -2.11. The van der Waals surface area contributed by atoms with Crippen LogP contribution in [-0.4, -0.2) is 32.4 Å². The predicted octanol–water partition coefficient (Wildman–Crippen LogP) is 3.59. The van der Waals surface area contributed by atoms with Crippen LogP contribution in [0, 0.1) is 0 Å². The molecule has 0 N–H and O–H groups in total. The summed E-state index contributed by atoms with van der Waals surface area (Å²) in [6.07, 6.45) is 0.877. The molecule has 0 aliphatic heterocycles. The number of rotatable bonds is 6. The lowest BCUT2D eigenvalue weighted by Crippen LogP contribution is -2.04. The fraction of sp³-hybridized carbons (Fsp3) is 0.400. The number of hydrogen-bond donors (Lipinski definition) is 0. The van der Waals surface area contributed by atoms with Crippen LogP contribution < -0.4 is 9.47 Å². The Labute approximate surface area is 127 Å². The molecule has 0 bridgehead atoms. The zero-order chi connectivity index (χ0) is 14.5. The van der Waals surface area contributed by atoms with Gasteiger partial charge in [0, 0.05) is 18.1 Å².